The third kappa shape index (κ3) is 2.47. The van der Waals surface area contributed by atoms with Gasteiger partial charge in [0, 0.05) is 29.9 Å². The Morgan fingerprint density at radius 1 is 1.17 bits per heavy atom. The second-order valence-corrected chi connectivity index (χ2v) is 6.17. The fourth-order valence-corrected chi connectivity index (χ4v) is 3.51. The third-order valence-corrected chi connectivity index (χ3v) is 4.76. The maximum atomic E-state index is 12.4. The van der Waals surface area contributed by atoms with Crippen LogP contribution in [0.5, 0.6) is 0 Å². The van der Waals surface area contributed by atoms with Crippen LogP contribution in [0.3, 0.4) is 0 Å². The largest absolute Gasteiger partial charge is 0.388 e. The average Bonchev–Trinajstić information content (AvgIpc) is 3.07. The molecule has 2 N–H and O–H groups in total. The number of pyridine rings is 1. The lowest BCUT2D eigenvalue weighted by molar-refractivity contribution is 1.15. The SMILES string of the molecule is CNc1cccc(-c2csc3c(=O)[nH]c(-c4ccccn4)nc23)c1. The molecule has 24 heavy (non-hydrogen) atoms. The minimum Gasteiger partial charge on any atom is -0.388 e. The number of nitrogens with one attached hydrogen (secondary N) is 2. The number of benzene rings is 1. The molecule has 0 spiro atoms. The highest BCUT2D eigenvalue weighted by Gasteiger charge is 2.14. The summed E-state index contributed by atoms with van der Waals surface area (Å²) in [4.78, 5) is 24.2. The first-order valence-electron chi connectivity index (χ1n) is 7.47. The van der Waals surface area contributed by atoms with Gasteiger partial charge >= 0.3 is 0 Å². The fraction of sp³-hybridized carbons (Fsp3) is 0.0556. The smallest absolute Gasteiger partial charge is 0.269 e. The lowest BCUT2D eigenvalue weighted by Crippen LogP contribution is -2.08. The van der Waals surface area contributed by atoms with Crippen molar-refractivity contribution in [3.63, 3.8) is 0 Å². The first-order valence-corrected chi connectivity index (χ1v) is 8.35. The van der Waals surface area contributed by atoms with Gasteiger partial charge in [0.05, 0.1) is 5.52 Å². The van der Waals surface area contributed by atoms with Crippen LogP contribution in [0.4, 0.5) is 5.69 Å². The van der Waals surface area contributed by atoms with Crippen molar-refractivity contribution in [1.29, 1.82) is 0 Å². The van der Waals surface area contributed by atoms with E-state index in [4.69, 9.17) is 0 Å². The second kappa shape index (κ2) is 5.90. The molecule has 6 heteroatoms. The Kier molecular flexibility index (Phi) is 3.59. The Morgan fingerprint density at radius 3 is 2.88 bits per heavy atom. The molecule has 0 amide bonds. The summed E-state index contributed by atoms with van der Waals surface area (Å²) < 4.78 is 0.625. The Labute approximate surface area is 142 Å². The average molecular weight is 334 g/mol. The molecule has 0 saturated carbocycles. The van der Waals surface area contributed by atoms with Gasteiger partial charge in [-0.15, -0.1) is 11.3 Å². The van der Waals surface area contributed by atoms with Crippen LogP contribution in [0.25, 0.3) is 32.9 Å². The van der Waals surface area contributed by atoms with Crippen LogP contribution in [-0.4, -0.2) is 22.0 Å². The van der Waals surface area contributed by atoms with Crippen LogP contribution in [0.2, 0.25) is 0 Å². The molecule has 5 nitrogen and oxygen atoms in total. The molecule has 0 unspecified atom stereocenters. The lowest BCUT2D eigenvalue weighted by atomic mass is 10.1. The van der Waals surface area contributed by atoms with Crippen LogP contribution in [0, 0.1) is 0 Å². The molecule has 118 valence electrons. The van der Waals surface area contributed by atoms with E-state index >= 15 is 0 Å². The summed E-state index contributed by atoms with van der Waals surface area (Å²) in [6, 6.07) is 13.6. The third-order valence-electron chi connectivity index (χ3n) is 3.80. The summed E-state index contributed by atoms with van der Waals surface area (Å²) in [6.07, 6.45) is 1.68. The Morgan fingerprint density at radius 2 is 2.08 bits per heavy atom. The summed E-state index contributed by atoms with van der Waals surface area (Å²) in [5, 5.41) is 5.11. The van der Waals surface area contributed by atoms with E-state index in [-0.39, 0.29) is 5.56 Å². The Bertz CT molecular complexity index is 1070. The number of rotatable bonds is 3. The number of anilines is 1. The zero-order chi connectivity index (χ0) is 16.5. The van der Waals surface area contributed by atoms with Crippen molar-refractivity contribution < 1.29 is 0 Å². The predicted octanol–water partition coefficient (Wildman–Crippen LogP) is 3.76. The van der Waals surface area contributed by atoms with E-state index in [1.54, 1.807) is 6.20 Å². The molecular formula is C18H14N4OS. The molecule has 1 aromatic carbocycles. The Balaban J connectivity index is 1.95. The number of nitrogens with zero attached hydrogens (tertiary/aromatic N) is 2. The molecule has 0 fully saturated rings. The topological polar surface area (TPSA) is 70.7 Å². The van der Waals surface area contributed by atoms with Crippen molar-refractivity contribution in [2.75, 3.05) is 12.4 Å². The minimum absolute atomic E-state index is 0.137. The second-order valence-electron chi connectivity index (χ2n) is 5.29. The van der Waals surface area contributed by atoms with Crippen molar-refractivity contribution in [3.8, 4) is 22.6 Å². The van der Waals surface area contributed by atoms with E-state index in [1.807, 2.05) is 54.9 Å². The van der Waals surface area contributed by atoms with E-state index in [2.05, 4.69) is 20.3 Å². The monoisotopic (exact) mass is 334 g/mol. The van der Waals surface area contributed by atoms with Crippen molar-refractivity contribution in [2.45, 2.75) is 0 Å². The number of thiophene rings is 1. The Hall–Kier alpha value is -2.99. The van der Waals surface area contributed by atoms with Gasteiger partial charge in [-0.2, -0.15) is 0 Å². The number of H-pyrrole nitrogens is 1. The number of fused-ring (bicyclic) bond motifs is 1. The first kappa shape index (κ1) is 14.6. The van der Waals surface area contributed by atoms with Crippen molar-refractivity contribution in [2.24, 2.45) is 0 Å². The van der Waals surface area contributed by atoms with E-state index in [0.717, 1.165) is 16.8 Å². The standard InChI is InChI=1S/C18H14N4OS/c1-19-12-6-4-5-11(9-12)13-10-24-16-15(13)21-17(22-18(16)23)14-7-2-3-8-20-14/h2-10,19H,1H3,(H,21,22,23). The van der Waals surface area contributed by atoms with Crippen LogP contribution in [0.1, 0.15) is 0 Å². The highest BCUT2D eigenvalue weighted by atomic mass is 32.1. The molecule has 4 aromatic rings. The number of hydrogen-bond acceptors (Lipinski definition) is 5. The van der Waals surface area contributed by atoms with Crippen molar-refractivity contribution in [3.05, 3.63) is 64.4 Å². The van der Waals surface area contributed by atoms with Gasteiger partial charge in [-0.1, -0.05) is 18.2 Å². The summed E-state index contributed by atoms with van der Waals surface area (Å²) in [6.45, 7) is 0. The van der Waals surface area contributed by atoms with Gasteiger partial charge in [-0.05, 0) is 29.8 Å². The van der Waals surface area contributed by atoms with Gasteiger partial charge in [0.2, 0.25) is 0 Å². The normalized spacial score (nSPS) is 10.9. The van der Waals surface area contributed by atoms with Crippen LogP contribution in [-0.2, 0) is 0 Å². The highest BCUT2D eigenvalue weighted by molar-refractivity contribution is 7.17. The molecule has 3 heterocycles. The predicted molar refractivity (Wildman–Crippen MR) is 98.5 cm³/mol. The lowest BCUT2D eigenvalue weighted by Gasteiger charge is -2.05. The van der Waals surface area contributed by atoms with Gasteiger partial charge < -0.3 is 10.3 Å². The maximum absolute atomic E-state index is 12.4. The molecule has 0 atom stereocenters. The van der Waals surface area contributed by atoms with E-state index in [1.165, 1.54) is 11.3 Å². The van der Waals surface area contributed by atoms with Gasteiger partial charge in [0.15, 0.2) is 5.82 Å². The molecule has 0 aliphatic carbocycles. The number of aromatic amines is 1. The summed E-state index contributed by atoms with van der Waals surface area (Å²) >= 11 is 1.41. The molecule has 0 aliphatic heterocycles. The molecule has 3 aromatic heterocycles. The van der Waals surface area contributed by atoms with Gasteiger partial charge in [0.25, 0.3) is 5.56 Å². The first-order chi connectivity index (χ1) is 11.8. The van der Waals surface area contributed by atoms with E-state index in [9.17, 15) is 4.79 Å². The summed E-state index contributed by atoms with van der Waals surface area (Å²) in [7, 11) is 1.88. The van der Waals surface area contributed by atoms with Crippen molar-refractivity contribution in [1.82, 2.24) is 15.0 Å². The molecule has 0 saturated heterocycles. The summed E-state index contributed by atoms with van der Waals surface area (Å²) in [5.41, 5.74) is 4.21. The number of aromatic nitrogens is 3. The summed E-state index contributed by atoms with van der Waals surface area (Å²) in [5.74, 6) is 0.484. The van der Waals surface area contributed by atoms with Gasteiger partial charge in [-0.3, -0.25) is 9.78 Å². The van der Waals surface area contributed by atoms with Crippen LogP contribution >= 0.6 is 11.3 Å². The quantitative estimate of drug-likeness (QED) is 0.598. The maximum Gasteiger partial charge on any atom is 0.269 e. The van der Waals surface area contributed by atoms with Gasteiger partial charge in [0.1, 0.15) is 10.4 Å². The molecule has 0 bridgehead atoms. The molecular weight excluding hydrogens is 320 g/mol. The van der Waals surface area contributed by atoms with E-state index < -0.39 is 0 Å². The van der Waals surface area contributed by atoms with Crippen LogP contribution < -0.4 is 10.9 Å². The fourth-order valence-electron chi connectivity index (χ4n) is 2.60. The zero-order valence-electron chi connectivity index (χ0n) is 12.9. The zero-order valence-corrected chi connectivity index (χ0v) is 13.7. The number of hydrogen-bond donors (Lipinski definition) is 2. The van der Waals surface area contributed by atoms with E-state index in [0.29, 0.717) is 21.7 Å². The highest BCUT2D eigenvalue weighted by Crippen LogP contribution is 2.32. The minimum atomic E-state index is -0.137. The van der Waals surface area contributed by atoms with Gasteiger partial charge in [-0.25, -0.2) is 4.98 Å². The molecule has 0 aliphatic rings. The molecule has 4 rings (SSSR count). The molecule has 0 radical (unpaired) electrons. The van der Waals surface area contributed by atoms with Crippen molar-refractivity contribution >= 4 is 27.2 Å². The van der Waals surface area contributed by atoms with Crippen LogP contribution in [0.15, 0.2) is 58.8 Å².